The van der Waals surface area contributed by atoms with E-state index in [-0.39, 0.29) is 17.7 Å². The van der Waals surface area contributed by atoms with Crippen LogP contribution in [0.4, 0.5) is 8.78 Å². The Morgan fingerprint density at radius 3 is 2.94 bits per heavy atom. The second-order valence-electron chi connectivity index (χ2n) is 4.27. The first-order valence-corrected chi connectivity index (χ1v) is 6.58. The van der Waals surface area contributed by atoms with Crippen molar-refractivity contribution in [3.8, 4) is 0 Å². The van der Waals surface area contributed by atoms with Crippen molar-refractivity contribution >= 4 is 11.8 Å². The van der Waals surface area contributed by atoms with Crippen molar-refractivity contribution in [3.63, 3.8) is 0 Å². The zero-order valence-corrected chi connectivity index (χ0v) is 9.99. The van der Waals surface area contributed by atoms with Crippen molar-refractivity contribution in [3.05, 3.63) is 35.4 Å². The third-order valence-electron chi connectivity index (χ3n) is 2.73. The minimum atomic E-state index is -0.375. The first-order chi connectivity index (χ1) is 7.66. The van der Waals surface area contributed by atoms with E-state index in [2.05, 4.69) is 12.2 Å². The van der Waals surface area contributed by atoms with Crippen LogP contribution in [0.1, 0.15) is 18.5 Å². The molecule has 1 nitrogen and oxygen atoms in total. The fourth-order valence-corrected chi connectivity index (χ4v) is 3.02. The van der Waals surface area contributed by atoms with Crippen molar-refractivity contribution in [2.75, 3.05) is 18.1 Å². The van der Waals surface area contributed by atoms with Gasteiger partial charge in [0.2, 0.25) is 0 Å². The predicted octanol–water partition coefficient (Wildman–Crippen LogP) is 2.98. The molecule has 4 heteroatoms. The third kappa shape index (κ3) is 2.74. The van der Waals surface area contributed by atoms with E-state index in [1.165, 1.54) is 12.1 Å². The van der Waals surface area contributed by atoms with Crippen molar-refractivity contribution in [2.45, 2.75) is 13.0 Å². The monoisotopic (exact) mass is 243 g/mol. The van der Waals surface area contributed by atoms with Gasteiger partial charge >= 0.3 is 0 Å². The second-order valence-corrected chi connectivity index (χ2v) is 5.34. The summed E-state index contributed by atoms with van der Waals surface area (Å²) in [4.78, 5) is 0. The fraction of sp³-hybridized carbons (Fsp3) is 0.500. The summed E-state index contributed by atoms with van der Waals surface area (Å²) in [6, 6.07) is 3.57. The van der Waals surface area contributed by atoms with Gasteiger partial charge in [0.05, 0.1) is 0 Å². The van der Waals surface area contributed by atoms with E-state index in [1.54, 1.807) is 11.8 Å². The number of hydrogen-bond acceptors (Lipinski definition) is 2. The highest BCUT2D eigenvalue weighted by atomic mass is 32.2. The number of thioether (sulfide) groups is 1. The highest BCUT2D eigenvalue weighted by Crippen LogP contribution is 2.25. The van der Waals surface area contributed by atoms with Crippen LogP contribution in [0.5, 0.6) is 0 Å². The fourth-order valence-electron chi connectivity index (χ4n) is 1.83. The first-order valence-electron chi connectivity index (χ1n) is 5.43. The molecule has 1 aromatic carbocycles. The number of rotatable bonds is 1. The maximum Gasteiger partial charge on any atom is 0.128 e. The van der Waals surface area contributed by atoms with Gasteiger partial charge in [-0.2, -0.15) is 11.8 Å². The van der Waals surface area contributed by atoms with Gasteiger partial charge in [0.25, 0.3) is 0 Å². The summed E-state index contributed by atoms with van der Waals surface area (Å²) in [6.45, 7) is 3.01. The van der Waals surface area contributed by atoms with Crippen LogP contribution in [-0.4, -0.2) is 18.1 Å². The van der Waals surface area contributed by atoms with Crippen LogP contribution in [0.2, 0.25) is 0 Å². The van der Waals surface area contributed by atoms with Crippen molar-refractivity contribution < 1.29 is 8.78 Å². The van der Waals surface area contributed by atoms with Crippen molar-refractivity contribution in [1.29, 1.82) is 0 Å². The van der Waals surface area contributed by atoms with Crippen LogP contribution in [0.25, 0.3) is 0 Å². The Bertz CT molecular complexity index is 370. The zero-order chi connectivity index (χ0) is 11.5. The molecule has 0 amide bonds. The van der Waals surface area contributed by atoms with Gasteiger partial charge in [0.15, 0.2) is 0 Å². The van der Waals surface area contributed by atoms with Crippen LogP contribution >= 0.6 is 11.8 Å². The molecule has 0 aromatic heterocycles. The van der Waals surface area contributed by atoms with Gasteiger partial charge in [-0.05, 0) is 36.4 Å². The number of nitrogens with one attached hydrogen (secondary N) is 1. The molecule has 0 saturated carbocycles. The lowest BCUT2D eigenvalue weighted by molar-refractivity contribution is 0.492. The highest BCUT2D eigenvalue weighted by molar-refractivity contribution is 7.99. The molecular formula is C12H15F2NS. The molecule has 2 atom stereocenters. The molecule has 16 heavy (non-hydrogen) atoms. The Morgan fingerprint density at radius 1 is 1.31 bits per heavy atom. The Balaban J connectivity index is 2.19. The smallest absolute Gasteiger partial charge is 0.128 e. The minimum Gasteiger partial charge on any atom is -0.309 e. The molecule has 1 aliphatic rings. The molecule has 0 bridgehead atoms. The number of hydrogen-bond donors (Lipinski definition) is 1. The van der Waals surface area contributed by atoms with Crippen molar-refractivity contribution in [2.24, 2.45) is 5.92 Å². The van der Waals surface area contributed by atoms with E-state index < -0.39 is 0 Å². The van der Waals surface area contributed by atoms with Gasteiger partial charge in [-0.15, -0.1) is 0 Å². The SMILES string of the molecule is CC1CNC(c2cc(F)ccc2F)CSC1. The van der Waals surface area contributed by atoms with E-state index >= 15 is 0 Å². The van der Waals surface area contributed by atoms with E-state index in [0.29, 0.717) is 11.5 Å². The molecule has 1 heterocycles. The van der Waals surface area contributed by atoms with Gasteiger partial charge in [-0.25, -0.2) is 8.78 Å². The van der Waals surface area contributed by atoms with Crippen LogP contribution in [-0.2, 0) is 0 Å². The molecular weight excluding hydrogens is 228 g/mol. The van der Waals surface area contributed by atoms with Gasteiger partial charge in [-0.3, -0.25) is 0 Å². The third-order valence-corrected chi connectivity index (χ3v) is 4.11. The Labute approximate surface area is 98.6 Å². The molecule has 0 spiro atoms. The molecule has 1 N–H and O–H groups in total. The summed E-state index contributed by atoms with van der Waals surface area (Å²) in [5, 5.41) is 3.29. The standard InChI is InChI=1S/C12H15F2NS/c1-8-5-15-12(7-16-6-8)10-4-9(13)2-3-11(10)14/h2-4,8,12,15H,5-7H2,1H3. The van der Waals surface area contributed by atoms with Crippen LogP contribution in [0, 0.1) is 17.6 Å². The summed E-state index contributed by atoms with van der Waals surface area (Å²) >= 11 is 1.79. The lowest BCUT2D eigenvalue weighted by atomic mass is 10.1. The molecule has 88 valence electrons. The van der Waals surface area contributed by atoms with Crippen LogP contribution in [0.15, 0.2) is 18.2 Å². The molecule has 2 unspecified atom stereocenters. The van der Waals surface area contributed by atoms with E-state index in [1.807, 2.05) is 0 Å². The summed E-state index contributed by atoms with van der Waals surface area (Å²) < 4.78 is 26.6. The average Bonchev–Trinajstić information content (AvgIpc) is 2.47. The maximum atomic E-state index is 13.6. The van der Waals surface area contributed by atoms with E-state index in [9.17, 15) is 8.78 Å². The lowest BCUT2D eigenvalue weighted by Gasteiger charge is -2.17. The van der Waals surface area contributed by atoms with Gasteiger partial charge < -0.3 is 5.32 Å². The van der Waals surface area contributed by atoms with E-state index in [4.69, 9.17) is 0 Å². The Morgan fingerprint density at radius 2 is 2.12 bits per heavy atom. The van der Waals surface area contributed by atoms with Crippen LogP contribution in [0.3, 0.4) is 0 Å². The normalized spacial score (nSPS) is 26.4. The molecule has 1 saturated heterocycles. The number of benzene rings is 1. The molecule has 2 rings (SSSR count). The van der Waals surface area contributed by atoms with Crippen molar-refractivity contribution in [1.82, 2.24) is 5.32 Å². The van der Waals surface area contributed by atoms with Crippen LogP contribution < -0.4 is 5.32 Å². The second kappa shape index (κ2) is 5.15. The molecule has 0 radical (unpaired) electrons. The number of halogens is 2. The average molecular weight is 243 g/mol. The largest absolute Gasteiger partial charge is 0.309 e. The molecule has 1 fully saturated rings. The topological polar surface area (TPSA) is 12.0 Å². The van der Waals surface area contributed by atoms with Gasteiger partial charge in [-0.1, -0.05) is 6.92 Å². The summed E-state index contributed by atoms with van der Waals surface area (Å²) in [6.07, 6.45) is 0. The molecule has 0 aliphatic carbocycles. The predicted molar refractivity (Wildman–Crippen MR) is 63.6 cm³/mol. The highest BCUT2D eigenvalue weighted by Gasteiger charge is 2.20. The lowest BCUT2D eigenvalue weighted by Crippen LogP contribution is -2.26. The first kappa shape index (κ1) is 11.9. The van der Waals surface area contributed by atoms with Gasteiger partial charge in [0, 0.05) is 17.4 Å². The summed E-state index contributed by atoms with van der Waals surface area (Å²) in [7, 11) is 0. The molecule has 1 aliphatic heterocycles. The summed E-state index contributed by atoms with van der Waals surface area (Å²) in [5.41, 5.74) is 0.446. The van der Waals surface area contributed by atoms with Gasteiger partial charge in [0.1, 0.15) is 11.6 Å². The maximum absolute atomic E-state index is 13.6. The zero-order valence-electron chi connectivity index (χ0n) is 9.17. The molecule has 1 aromatic rings. The minimum absolute atomic E-state index is 0.0781. The Kier molecular flexibility index (Phi) is 3.82. The summed E-state index contributed by atoms with van der Waals surface area (Å²) in [5.74, 6) is 1.74. The Hall–Kier alpha value is -0.610. The van der Waals surface area contributed by atoms with E-state index in [0.717, 1.165) is 24.1 Å². The quantitative estimate of drug-likeness (QED) is 0.814.